The first kappa shape index (κ1) is 35.3. The molecule has 4 heterocycles. The van der Waals surface area contributed by atoms with Crippen molar-refractivity contribution in [1.29, 1.82) is 0 Å². The van der Waals surface area contributed by atoms with Crippen molar-refractivity contribution >= 4 is 23.6 Å². The van der Waals surface area contributed by atoms with E-state index >= 15 is 0 Å². The zero-order valence-electron chi connectivity index (χ0n) is 30.7. The molecule has 4 aromatic rings. The molecule has 12 heteroatoms. The Morgan fingerprint density at radius 2 is 1.02 bits per heavy atom. The SMILES string of the molecule is C[C@@H](NC(=O)C1CC1)C(=O)N1CCCC1c1ncc(-c2ccc(C#Cc3ccc(-c4cnc(C5CCCN5C(=O)[C@@H](C)NC(=O)C5CC5)[nH]4)cc3)cc2)[nH]1. The number of imidazole rings is 2. The lowest BCUT2D eigenvalue weighted by molar-refractivity contribution is -0.137. The monoisotopic (exact) mass is 726 g/mol. The minimum atomic E-state index is -0.555. The van der Waals surface area contributed by atoms with Crippen LogP contribution < -0.4 is 10.6 Å². The highest BCUT2D eigenvalue weighted by molar-refractivity contribution is 5.90. The summed E-state index contributed by atoms with van der Waals surface area (Å²) in [5.41, 5.74) is 5.46. The van der Waals surface area contributed by atoms with Crippen LogP contribution in [-0.2, 0) is 19.2 Å². The first-order valence-corrected chi connectivity index (χ1v) is 19.3. The Bertz CT molecular complexity index is 1950. The number of carbonyl (C=O) groups excluding carboxylic acids is 4. The maximum absolute atomic E-state index is 13.2. The maximum atomic E-state index is 13.2. The molecule has 0 bridgehead atoms. The topological polar surface area (TPSA) is 156 Å². The summed E-state index contributed by atoms with van der Waals surface area (Å²) in [6.07, 6.45) is 10.7. The lowest BCUT2D eigenvalue weighted by Gasteiger charge is -2.26. The van der Waals surface area contributed by atoms with E-state index in [9.17, 15) is 19.2 Å². The second-order valence-corrected chi connectivity index (χ2v) is 15.2. The van der Waals surface area contributed by atoms with Gasteiger partial charge in [-0.05, 0) is 101 Å². The normalized spacial score (nSPS) is 20.6. The van der Waals surface area contributed by atoms with Crippen LogP contribution in [0.4, 0.5) is 0 Å². The van der Waals surface area contributed by atoms with Gasteiger partial charge in [-0.15, -0.1) is 0 Å². The van der Waals surface area contributed by atoms with Gasteiger partial charge in [0.1, 0.15) is 23.7 Å². The lowest BCUT2D eigenvalue weighted by atomic mass is 10.1. The standard InChI is InChI=1S/C42H46N8O4/c1-25(45-39(51)31-17-18-31)41(53)49-21-3-5-35(49)37-43-23-33(47-37)29-13-9-27(10-14-29)7-8-28-11-15-30(16-12-28)34-24-44-38(48-34)36-6-4-22-50(36)42(54)26(2)46-40(52)32-19-20-32/h9-16,23-26,31-32,35-36H,3-6,17-22H2,1-2H3,(H,43,47)(H,44,48)(H,45,51)(H,46,52)/t25-,26-,35?,36?/m1/s1. The van der Waals surface area contributed by atoms with Crippen LogP contribution >= 0.6 is 0 Å². The Balaban J connectivity index is 0.867. The summed E-state index contributed by atoms with van der Waals surface area (Å²) in [6.45, 7) is 4.82. The van der Waals surface area contributed by atoms with Crippen molar-refractivity contribution in [1.82, 2.24) is 40.4 Å². The second kappa shape index (κ2) is 15.0. The molecule has 2 saturated heterocycles. The zero-order valence-corrected chi connectivity index (χ0v) is 30.7. The van der Waals surface area contributed by atoms with E-state index in [1.165, 1.54) is 0 Å². The molecule has 0 radical (unpaired) electrons. The first-order valence-electron chi connectivity index (χ1n) is 19.3. The molecule has 2 saturated carbocycles. The summed E-state index contributed by atoms with van der Waals surface area (Å²) in [6, 6.07) is 14.6. The van der Waals surface area contributed by atoms with Crippen molar-refractivity contribution in [3.63, 3.8) is 0 Å². The molecule has 0 spiro atoms. The van der Waals surface area contributed by atoms with Gasteiger partial charge in [-0.1, -0.05) is 36.1 Å². The molecule has 2 aromatic heterocycles. The highest BCUT2D eigenvalue weighted by atomic mass is 16.2. The first-order chi connectivity index (χ1) is 26.2. The molecule has 4 fully saturated rings. The van der Waals surface area contributed by atoms with Gasteiger partial charge in [-0.2, -0.15) is 0 Å². The quantitative estimate of drug-likeness (QED) is 0.168. The number of nitrogens with zero attached hydrogens (tertiary/aromatic N) is 4. The van der Waals surface area contributed by atoms with Crippen molar-refractivity contribution in [2.24, 2.45) is 11.8 Å². The zero-order chi connectivity index (χ0) is 37.3. The number of benzene rings is 2. The van der Waals surface area contributed by atoms with Crippen LogP contribution in [0.3, 0.4) is 0 Å². The van der Waals surface area contributed by atoms with Gasteiger partial charge >= 0.3 is 0 Å². The molecule has 2 aliphatic heterocycles. The number of carbonyl (C=O) groups is 4. The number of likely N-dealkylation sites (tertiary alicyclic amines) is 2. The molecule has 2 aromatic carbocycles. The molecular weight excluding hydrogens is 681 g/mol. The van der Waals surface area contributed by atoms with Gasteiger partial charge in [0.2, 0.25) is 23.6 Å². The molecule has 54 heavy (non-hydrogen) atoms. The summed E-state index contributed by atoms with van der Waals surface area (Å²) in [7, 11) is 0. The van der Waals surface area contributed by atoms with Gasteiger partial charge in [-0.25, -0.2) is 9.97 Å². The van der Waals surface area contributed by atoms with Crippen LogP contribution in [0.15, 0.2) is 60.9 Å². The van der Waals surface area contributed by atoms with Gasteiger partial charge in [0.05, 0.1) is 35.9 Å². The van der Waals surface area contributed by atoms with Crippen molar-refractivity contribution in [2.75, 3.05) is 13.1 Å². The number of hydrogen-bond acceptors (Lipinski definition) is 6. The van der Waals surface area contributed by atoms with E-state index < -0.39 is 12.1 Å². The third-order valence-electron chi connectivity index (χ3n) is 11.0. The summed E-state index contributed by atoms with van der Waals surface area (Å²) < 4.78 is 0. The Hall–Kier alpha value is -5.70. The van der Waals surface area contributed by atoms with E-state index in [4.69, 9.17) is 0 Å². The summed E-state index contributed by atoms with van der Waals surface area (Å²) >= 11 is 0. The van der Waals surface area contributed by atoms with E-state index in [2.05, 4.69) is 42.4 Å². The van der Waals surface area contributed by atoms with E-state index in [1.54, 1.807) is 26.2 Å². The largest absolute Gasteiger partial charge is 0.344 e. The Morgan fingerprint density at radius 3 is 1.39 bits per heavy atom. The van der Waals surface area contributed by atoms with E-state index in [0.29, 0.717) is 13.1 Å². The van der Waals surface area contributed by atoms with Crippen molar-refractivity contribution in [2.45, 2.75) is 89.4 Å². The maximum Gasteiger partial charge on any atom is 0.245 e. The van der Waals surface area contributed by atoms with Crippen LogP contribution in [0.2, 0.25) is 0 Å². The van der Waals surface area contributed by atoms with E-state index in [0.717, 1.165) is 96.7 Å². The van der Waals surface area contributed by atoms with Crippen molar-refractivity contribution < 1.29 is 19.2 Å². The number of H-pyrrole nitrogens is 2. The minimum absolute atomic E-state index is 0.0239. The van der Waals surface area contributed by atoms with Crippen molar-refractivity contribution in [3.8, 4) is 34.4 Å². The summed E-state index contributed by atoms with van der Waals surface area (Å²) in [5.74, 6) is 7.96. The number of amides is 4. The van der Waals surface area contributed by atoms with Crippen LogP contribution in [0.25, 0.3) is 22.5 Å². The summed E-state index contributed by atoms with van der Waals surface area (Å²) in [4.78, 5) is 70.7. The molecule has 278 valence electrons. The molecule has 12 nitrogen and oxygen atoms in total. The van der Waals surface area contributed by atoms with Crippen LogP contribution in [0.5, 0.6) is 0 Å². The van der Waals surface area contributed by atoms with Gasteiger partial charge in [0.25, 0.3) is 0 Å². The predicted molar refractivity (Wildman–Crippen MR) is 202 cm³/mol. The fourth-order valence-corrected chi connectivity index (χ4v) is 7.52. The molecular formula is C42H46N8O4. The smallest absolute Gasteiger partial charge is 0.245 e. The highest BCUT2D eigenvalue weighted by Gasteiger charge is 2.38. The molecule has 4 N–H and O–H groups in total. The lowest BCUT2D eigenvalue weighted by Crippen LogP contribution is -2.47. The van der Waals surface area contributed by atoms with Gasteiger partial charge in [0.15, 0.2) is 0 Å². The fourth-order valence-electron chi connectivity index (χ4n) is 7.52. The van der Waals surface area contributed by atoms with Gasteiger partial charge in [-0.3, -0.25) is 19.2 Å². The third-order valence-corrected chi connectivity index (χ3v) is 11.0. The molecule has 4 atom stereocenters. The number of nitrogens with one attached hydrogen (secondary N) is 4. The van der Waals surface area contributed by atoms with Gasteiger partial charge < -0.3 is 30.4 Å². The van der Waals surface area contributed by atoms with Crippen molar-refractivity contribution in [3.05, 3.63) is 83.7 Å². The molecule has 4 amide bonds. The Labute approximate surface area is 314 Å². The predicted octanol–water partition coefficient (Wildman–Crippen LogP) is 5.02. The van der Waals surface area contributed by atoms with Crippen LogP contribution in [0, 0.1) is 23.7 Å². The number of hydrogen-bond donors (Lipinski definition) is 4. The van der Waals surface area contributed by atoms with E-state index in [1.807, 2.05) is 58.3 Å². The molecule has 8 rings (SSSR count). The Morgan fingerprint density at radius 1 is 0.630 bits per heavy atom. The number of aromatic amines is 2. The molecule has 4 aliphatic rings. The number of rotatable bonds is 10. The molecule has 2 unspecified atom stereocenters. The Kier molecular flexibility index (Phi) is 9.80. The second-order valence-electron chi connectivity index (χ2n) is 15.2. The van der Waals surface area contributed by atoms with Crippen LogP contribution in [-0.4, -0.2) is 78.5 Å². The highest BCUT2D eigenvalue weighted by Crippen LogP contribution is 2.34. The third kappa shape index (κ3) is 7.67. The van der Waals surface area contributed by atoms with E-state index in [-0.39, 0.29) is 47.5 Å². The van der Waals surface area contributed by atoms with Gasteiger partial charge in [0, 0.05) is 36.1 Å². The minimum Gasteiger partial charge on any atom is -0.344 e. The molecule has 2 aliphatic carbocycles. The fraction of sp³-hybridized carbons (Fsp3) is 0.429. The average molecular weight is 727 g/mol. The van der Waals surface area contributed by atoms with Crippen LogP contribution in [0.1, 0.15) is 100 Å². The number of aromatic nitrogens is 4. The average Bonchev–Trinajstić information content (AvgIpc) is 3.95. The summed E-state index contributed by atoms with van der Waals surface area (Å²) in [5, 5.41) is 5.77.